The van der Waals surface area contributed by atoms with Gasteiger partial charge in [0.15, 0.2) is 6.61 Å². The fourth-order valence-corrected chi connectivity index (χ4v) is 2.90. The van der Waals surface area contributed by atoms with Crippen LogP contribution in [-0.4, -0.2) is 41.6 Å². The van der Waals surface area contributed by atoms with Gasteiger partial charge < -0.3 is 15.2 Å². The van der Waals surface area contributed by atoms with Gasteiger partial charge in [0, 0.05) is 17.4 Å². The van der Waals surface area contributed by atoms with Gasteiger partial charge in [0.2, 0.25) is 0 Å². The average Bonchev–Trinajstić information content (AvgIpc) is 2.45. The molecule has 22 heavy (non-hydrogen) atoms. The topological polar surface area (TPSA) is 75.6 Å². The molecule has 0 aliphatic carbocycles. The lowest BCUT2D eigenvalue weighted by Gasteiger charge is -2.17. The molecule has 1 rings (SSSR count). The highest BCUT2D eigenvalue weighted by Gasteiger charge is 2.15. The molecule has 5 nitrogen and oxygen atoms in total. The molecule has 0 saturated carbocycles. The van der Waals surface area contributed by atoms with Gasteiger partial charge in [-0.25, -0.2) is 4.79 Å². The van der Waals surface area contributed by atoms with E-state index < -0.39 is 12.6 Å². The molecule has 2 N–H and O–H groups in total. The Morgan fingerprint density at radius 3 is 2.36 bits per heavy atom. The summed E-state index contributed by atoms with van der Waals surface area (Å²) in [5.41, 5.74) is 2.07. The van der Waals surface area contributed by atoms with Gasteiger partial charge in [-0.05, 0) is 49.8 Å². The molecule has 1 atom stereocenters. The van der Waals surface area contributed by atoms with E-state index in [-0.39, 0.29) is 11.9 Å². The maximum Gasteiger partial charge on any atom is 0.341 e. The number of carbonyl (C=O) groups is 2. The van der Waals surface area contributed by atoms with E-state index in [0.29, 0.717) is 11.3 Å². The van der Waals surface area contributed by atoms with Crippen molar-refractivity contribution in [1.82, 2.24) is 5.32 Å². The number of thioether (sulfide) groups is 1. The minimum absolute atomic E-state index is 0.114. The highest BCUT2D eigenvalue weighted by atomic mass is 32.2. The van der Waals surface area contributed by atoms with E-state index >= 15 is 0 Å². The number of carboxylic acid groups (broad SMARTS) is 1. The summed E-state index contributed by atoms with van der Waals surface area (Å²) in [5, 5.41) is 11.7. The Morgan fingerprint density at radius 1 is 1.32 bits per heavy atom. The van der Waals surface area contributed by atoms with Crippen LogP contribution >= 0.6 is 11.8 Å². The number of hydrogen-bond donors (Lipinski definition) is 2. The van der Waals surface area contributed by atoms with Crippen molar-refractivity contribution < 1.29 is 19.4 Å². The number of aliphatic carboxylic acids is 1. The van der Waals surface area contributed by atoms with E-state index in [4.69, 9.17) is 9.84 Å². The van der Waals surface area contributed by atoms with Gasteiger partial charge in [-0.2, -0.15) is 11.8 Å². The lowest BCUT2D eigenvalue weighted by Crippen LogP contribution is -2.36. The molecule has 0 saturated heterocycles. The van der Waals surface area contributed by atoms with Crippen LogP contribution in [0.2, 0.25) is 0 Å². The van der Waals surface area contributed by atoms with E-state index in [0.717, 1.165) is 23.3 Å². The lowest BCUT2D eigenvalue weighted by atomic mass is 10.0. The van der Waals surface area contributed by atoms with Crippen LogP contribution in [0.1, 0.15) is 34.8 Å². The molecular formula is C16H23NO4S. The summed E-state index contributed by atoms with van der Waals surface area (Å²) in [6, 6.07) is 3.60. The minimum atomic E-state index is -1.02. The summed E-state index contributed by atoms with van der Waals surface area (Å²) in [6.07, 6.45) is 2.89. The number of benzene rings is 1. The van der Waals surface area contributed by atoms with E-state index in [1.54, 1.807) is 37.7 Å². The molecule has 1 aromatic carbocycles. The van der Waals surface area contributed by atoms with Crippen molar-refractivity contribution >= 4 is 23.6 Å². The Labute approximate surface area is 135 Å². The molecule has 0 radical (unpaired) electrons. The predicted octanol–water partition coefficient (Wildman–Crippen LogP) is 2.64. The Kier molecular flexibility index (Phi) is 7.24. The van der Waals surface area contributed by atoms with E-state index in [9.17, 15) is 9.59 Å². The van der Waals surface area contributed by atoms with Gasteiger partial charge in [0.05, 0.1) is 0 Å². The van der Waals surface area contributed by atoms with Crippen LogP contribution in [0.3, 0.4) is 0 Å². The molecule has 122 valence electrons. The van der Waals surface area contributed by atoms with Gasteiger partial charge in [-0.3, -0.25) is 4.79 Å². The Morgan fingerprint density at radius 2 is 1.91 bits per heavy atom. The third-order valence-corrected chi connectivity index (χ3v) is 3.99. The van der Waals surface area contributed by atoms with Crippen molar-refractivity contribution in [3.05, 3.63) is 28.8 Å². The maximum atomic E-state index is 12.3. The number of carbonyl (C=O) groups excluding carboxylic acids is 1. The lowest BCUT2D eigenvalue weighted by molar-refractivity contribution is -0.139. The zero-order valence-electron chi connectivity index (χ0n) is 13.4. The van der Waals surface area contributed by atoms with Crippen molar-refractivity contribution in [2.45, 2.75) is 33.2 Å². The zero-order valence-corrected chi connectivity index (χ0v) is 14.3. The first-order valence-corrected chi connectivity index (χ1v) is 8.54. The fourth-order valence-electron chi connectivity index (χ4n) is 2.17. The van der Waals surface area contributed by atoms with Crippen LogP contribution in [0.15, 0.2) is 12.1 Å². The number of amides is 1. The van der Waals surface area contributed by atoms with Crippen molar-refractivity contribution in [3.8, 4) is 5.75 Å². The minimum Gasteiger partial charge on any atom is -0.481 e. The van der Waals surface area contributed by atoms with Gasteiger partial charge in [-0.1, -0.05) is 6.92 Å². The van der Waals surface area contributed by atoms with Gasteiger partial charge in [0.1, 0.15) is 5.75 Å². The van der Waals surface area contributed by atoms with Crippen molar-refractivity contribution in [2.24, 2.45) is 0 Å². The van der Waals surface area contributed by atoms with Crippen molar-refractivity contribution in [1.29, 1.82) is 0 Å². The molecule has 0 aliphatic rings. The molecule has 0 fully saturated rings. The molecule has 1 unspecified atom stereocenters. The van der Waals surface area contributed by atoms with E-state index in [2.05, 4.69) is 5.32 Å². The smallest absolute Gasteiger partial charge is 0.341 e. The SMILES string of the molecule is CCC(CSC)NC(=O)c1cc(C)c(OCC(=O)O)c(C)c1. The number of hydrogen-bond acceptors (Lipinski definition) is 4. The first-order chi connectivity index (χ1) is 10.4. The highest BCUT2D eigenvalue weighted by molar-refractivity contribution is 7.98. The van der Waals surface area contributed by atoms with Crippen LogP contribution in [0, 0.1) is 13.8 Å². The molecule has 0 heterocycles. The monoisotopic (exact) mass is 325 g/mol. The number of rotatable bonds is 8. The summed E-state index contributed by atoms with van der Waals surface area (Å²) in [6.45, 7) is 5.26. The fraction of sp³-hybridized carbons (Fsp3) is 0.500. The molecule has 0 aromatic heterocycles. The van der Waals surface area contributed by atoms with E-state index in [1.807, 2.05) is 13.2 Å². The standard InChI is InChI=1S/C16H23NO4S/c1-5-13(9-22-4)17-16(20)12-6-10(2)15(11(3)7-12)21-8-14(18)19/h6-7,13H,5,8-9H2,1-4H3,(H,17,20)(H,18,19). The molecule has 1 amide bonds. The first kappa shape index (κ1) is 18.4. The third kappa shape index (κ3) is 5.26. The van der Waals surface area contributed by atoms with Crippen molar-refractivity contribution in [3.63, 3.8) is 0 Å². The Bertz CT molecular complexity index is 522. The predicted molar refractivity (Wildman–Crippen MR) is 89.0 cm³/mol. The molecule has 0 spiro atoms. The Hall–Kier alpha value is -1.69. The van der Waals surface area contributed by atoms with Gasteiger partial charge in [0.25, 0.3) is 5.91 Å². The molecule has 0 bridgehead atoms. The summed E-state index contributed by atoms with van der Waals surface area (Å²) in [5.74, 6) is 0.260. The van der Waals surface area contributed by atoms with Crippen LogP contribution in [0.4, 0.5) is 0 Å². The molecule has 1 aromatic rings. The van der Waals surface area contributed by atoms with Gasteiger partial charge >= 0.3 is 5.97 Å². The third-order valence-electron chi connectivity index (χ3n) is 3.26. The zero-order chi connectivity index (χ0) is 16.7. The molecule has 6 heteroatoms. The van der Waals surface area contributed by atoms with Crippen LogP contribution in [-0.2, 0) is 4.79 Å². The number of ether oxygens (including phenoxy) is 1. The first-order valence-electron chi connectivity index (χ1n) is 7.14. The van der Waals surface area contributed by atoms with Crippen LogP contribution in [0.25, 0.3) is 0 Å². The number of nitrogens with one attached hydrogen (secondary N) is 1. The van der Waals surface area contributed by atoms with E-state index in [1.165, 1.54) is 0 Å². The average molecular weight is 325 g/mol. The van der Waals surface area contributed by atoms with Gasteiger partial charge in [-0.15, -0.1) is 0 Å². The maximum absolute atomic E-state index is 12.3. The van der Waals surface area contributed by atoms with Crippen LogP contribution in [0.5, 0.6) is 5.75 Å². The summed E-state index contributed by atoms with van der Waals surface area (Å²) < 4.78 is 5.27. The molecule has 0 aliphatic heterocycles. The summed E-state index contributed by atoms with van der Waals surface area (Å²) in [7, 11) is 0. The molecular weight excluding hydrogens is 302 g/mol. The Balaban J connectivity index is 2.88. The quantitative estimate of drug-likeness (QED) is 0.768. The van der Waals surface area contributed by atoms with Crippen molar-refractivity contribution in [2.75, 3.05) is 18.6 Å². The summed E-state index contributed by atoms with van der Waals surface area (Å²) in [4.78, 5) is 22.9. The normalized spacial score (nSPS) is 11.8. The highest BCUT2D eigenvalue weighted by Crippen LogP contribution is 2.25. The largest absolute Gasteiger partial charge is 0.481 e. The number of aryl methyl sites for hydroxylation is 2. The summed E-state index contributed by atoms with van der Waals surface area (Å²) >= 11 is 1.70. The second-order valence-electron chi connectivity index (χ2n) is 5.16. The second-order valence-corrected chi connectivity index (χ2v) is 6.07. The second kappa shape index (κ2) is 8.68. The number of carboxylic acids is 1. The van der Waals surface area contributed by atoms with Crippen LogP contribution < -0.4 is 10.1 Å².